The molecule has 0 amide bonds. The molecular weight excluding hydrogens is 194 g/mol. The van der Waals surface area contributed by atoms with Gasteiger partial charge in [0, 0.05) is 17.5 Å². The molecule has 3 heteroatoms. The quantitative estimate of drug-likeness (QED) is 0.761. The summed E-state index contributed by atoms with van der Waals surface area (Å²) in [6, 6.07) is 4.64. The molecule has 0 radical (unpaired) electrons. The lowest BCUT2D eigenvalue weighted by molar-refractivity contribution is 0.185. The molecule has 1 aromatic rings. The van der Waals surface area contributed by atoms with Crippen molar-refractivity contribution in [1.29, 1.82) is 0 Å². The average molecular weight is 213 g/mol. The Labute approximate surface area is 90.0 Å². The molecule has 0 saturated carbocycles. The van der Waals surface area contributed by atoms with Crippen molar-refractivity contribution in [1.82, 2.24) is 5.32 Å². The fourth-order valence-electron chi connectivity index (χ4n) is 1.44. The lowest BCUT2D eigenvalue weighted by Gasteiger charge is -2.17. The number of hydrogen-bond acceptors (Lipinski definition) is 3. The highest BCUT2D eigenvalue weighted by Crippen LogP contribution is 2.22. The van der Waals surface area contributed by atoms with E-state index in [0.29, 0.717) is 12.6 Å². The first-order valence-electron chi connectivity index (χ1n) is 5.19. The Morgan fingerprint density at radius 1 is 1.57 bits per heavy atom. The van der Waals surface area contributed by atoms with E-state index in [9.17, 15) is 5.11 Å². The highest BCUT2D eigenvalue weighted by molar-refractivity contribution is 7.10. The zero-order valence-electron chi connectivity index (χ0n) is 8.86. The Hall–Kier alpha value is -0.380. The van der Waals surface area contributed by atoms with Gasteiger partial charge in [0.2, 0.25) is 0 Å². The second-order valence-corrected chi connectivity index (χ2v) is 4.59. The maximum Gasteiger partial charge on any atom is 0.0636 e. The van der Waals surface area contributed by atoms with Crippen molar-refractivity contribution < 1.29 is 5.11 Å². The summed E-state index contributed by atoms with van der Waals surface area (Å²) in [6.07, 6.45) is 2.03. The predicted molar refractivity (Wildman–Crippen MR) is 61.7 cm³/mol. The van der Waals surface area contributed by atoms with Gasteiger partial charge in [-0.25, -0.2) is 0 Å². The van der Waals surface area contributed by atoms with Crippen LogP contribution in [0.15, 0.2) is 17.5 Å². The molecule has 2 nitrogen and oxygen atoms in total. The van der Waals surface area contributed by atoms with Gasteiger partial charge in [-0.3, -0.25) is 0 Å². The summed E-state index contributed by atoms with van der Waals surface area (Å²) in [6.45, 7) is 4.66. The van der Waals surface area contributed by atoms with Crippen LogP contribution in [0.5, 0.6) is 0 Å². The number of nitrogens with one attached hydrogen (secondary N) is 1. The van der Waals surface area contributed by atoms with E-state index in [0.717, 1.165) is 12.8 Å². The van der Waals surface area contributed by atoms with Gasteiger partial charge in [-0.05, 0) is 24.8 Å². The zero-order chi connectivity index (χ0) is 10.4. The molecule has 1 rings (SSSR count). The first-order valence-corrected chi connectivity index (χ1v) is 6.06. The molecule has 80 valence electrons. The molecule has 2 atom stereocenters. The van der Waals surface area contributed by atoms with Gasteiger partial charge in [-0.1, -0.05) is 19.4 Å². The van der Waals surface area contributed by atoms with Crippen LogP contribution in [-0.2, 0) is 0 Å². The van der Waals surface area contributed by atoms with Crippen LogP contribution < -0.4 is 5.32 Å². The van der Waals surface area contributed by atoms with Gasteiger partial charge < -0.3 is 10.4 Å². The number of aliphatic hydroxyl groups excluding tert-OH is 1. The fraction of sp³-hybridized carbons (Fsp3) is 0.636. The number of hydrogen-bond donors (Lipinski definition) is 2. The van der Waals surface area contributed by atoms with Gasteiger partial charge >= 0.3 is 0 Å². The Morgan fingerprint density at radius 3 is 2.86 bits per heavy atom. The maximum atomic E-state index is 9.21. The second-order valence-electron chi connectivity index (χ2n) is 3.61. The van der Waals surface area contributed by atoms with E-state index >= 15 is 0 Å². The minimum absolute atomic E-state index is 0.269. The number of thiophene rings is 1. The minimum atomic E-state index is -0.269. The Morgan fingerprint density at radius 2 is 2.36 bits per heavy atom. The molecule has 0 spiro atoms. The van der Waals surface area contributed by atoms with E-state index in [-0.39, 0.29) is 6.10 Å². The molecule has 1 aromatic heterocycles. The molecule has 0 aliphatic heterocycles. The SMILES string of the molecule is CCCC(NCC(C)O)c1cccs1. The van der Waals surface area contributed by atoms with Crippen LogP contribution in [0.4, 0.5) is 0 Å². The van der Waals surface area contributed by atoms with E-state index in [1.807, 2.05) is 6.92 Å². The molecule has 2 N–H and O–H groups in total. The standard InChI is InChI=1S/C11H19NOS/c1-3-5-10(12-8-9(2)13)11-6-4-7-14-11/h4,6-7,9-10,12-13H,3,5,8H2,1-2H3. The number of rotatable bonds is 6. The summed E-state index contributed by atoms with van der Waals surface area (Å²) >= 11 is 1.78. The fourth-order valence-corrected chi connectivity index (χ4v) is 2.27. The van der Waals surface area contributed by atoms with Crippen molar-refractivity contribution in [2.75, 3.05) is 6.54 Å². The smallest absolute Gasteiger partial charge is 0.0636 e. The van der Waals surface area contributed by atoms with Crippen molar-refractivity contribution >= 4 is 11.3 Å². The molecule has 1 heterocycles. The van der Waals surface area contributed by atoms with Crippen molar-refractivity contribution in [2.24, 2.45) is 0 Å². The van der Waals surface area contributed by atoms with E-state index in [1.54, 1.807) is 11.3 Å². The summed E-state index contributed by atoms with van der Waals surface area (Å²) in [5.74, 6) is 0. The Bertz CT molecular complexity index is 233. The Balaban J connectivity index is 2.47. The van der Waals surface area contributed by atoms with Crippen LogP contribution in [0.25, 0.3) is 0 Å². The summed E-state index contributed by atoms with van der Waals surface area (Å²) in [5.41, 5.74) is 0. The monoisotopic (exact) mass is 213 g/mol. The third kappa shape index (κ3) is 3.78. The topological polar surface area (TPSA) is 32.3 Å². The van der Waals surface area contributed by atoms with Crippen LogP contribution in [0.2, 0.25) is 0 Å². The summed E-state index contributed by atoms with van der Waals surface area (Å²) in [7, 11) is 0. The average Bonchev–Trinajstić information content (AvgIpc) is 2.64. The zero-order valence-corrected chi connectivity index (χ0v) is 9.68. The molecule has 2 unspecified atom stereocenters. The minimum Gasteiger partial charge on any atom is -0.392 e. The summed E-state index contributed by atoms with van der Waals surface area (Å²) in [5, 5.41) is 14.7. The predicted octanol–water partition coefficient (Wildman–Crippen LogP) is 2.56. The van der Waals surface area contributed by atoms with Crippen molar-refractivity contribution in [3.8, 4) is 0 Å². The van der Waals surface area contributed by atoms with Crippen molar-refractivity contribution in [3.05, 3.63) is 22.4 Å². The summed E-state index contributed by atoms with van der Waals surface area (Å²) < 4.78 is 0. The second kappa shape index (κ2) is 6.17. The molecule has 0 aliphatic rings. The van der Waals surface area contributed by atoms with E-state index < -0.39 is 0 Å². The van der Waals surface area contributed by atoms with Gasteiger partial charge in [0.05, 0.1) is 6.10 Å². The molecule has 0 aliphatic carbocycles. The molecule has 0 saturated heterocycles. The normalized spacial score (nSPS) is 15.4. The number of aliphatic hydroxyl groups is 1. The van der Waals surface area contributed by atoms with Crippen molar-refractivity contribution in [3.63, 3.8) is 0 Å². The van der Waals surface area contributed by atoms with Gasteiger partial charge in [0.1, 0.15) is 0 Å². The third-order valence-electron chi connectivity index (χ3n) is 2.12. The van der Waals surface area contributed by atoms with Gasteiger partial charge in [0.15, 0.2) is 0 Å². The van der Waals surface area contributed by atoms with Crippen molar-refractivity contribution in [2.45, 2.75) is 38.8 Å². The first kappa shape index (κ1) is 11.7. The molecule has 14 heavy (non-hydrogen) atoms. The highest BCUT2D eigenvalue weighted by Gasteiger charge is 2.11. The van der Waals surface area contributed by atoms with Crippen LogP contribution in [-0.4, -0.2) is 17.8 Å². The molecule has 0 bridgehead atoms. The lowest BCUT2D eigenvalue weighted by Crippen LogP contribution is -2.28. The van der Waals surface area contributed by atoms with Crippen LogP contribution >= 0.6 is 11.3 Å². The van der Waals surface area contributed by atoms with E-state index in [1.165, 1.54) is 4.88 Å². The van der Waals surface area contributed by atoms with Crippen LogP contribution in [0, 0.1) is 0 Å². The van der Waals surface area contributed by atoms with Gasteiger partial charge in [0.25, 0.3) is 0 Å². The maximum absolute atomic E-state index is 9.21. The largest absolute Gasteiger partial charge is 0.392 e. The van der Waals surface area contributed by atoms with Gasteiger partial charge in [-0.15, -0.1) is 11.3 Å². The molecule has 0 aromatic carbocycles. The van der Waals surface area contributed by atoms with Crippen LogP contribution in [0.3, 0.4) is 0 Å². The summed E-state index contributed by atoms with van der Waals surface area (Å²) in [4.78, 5) is 1.37. The molecular formula is C11H19NOS. The Kier molecular flexibility index (Phi) is 5.15. The first-order chi connectivity index (χ1) is 6.74. The van der Waals surface area contributed by atoms with Gasteiger partial charge in [-0.2, -0.15) is 0 Å². The lowest BCUT2D eigenvalue weighted by atomic mass is 10.1. The van der Waals surface area contributed by atoms with Crippen LogP contribution in [0.1, 0.15) is 37.6 Å². The van der Waals surface area contributed by atoms with E-state index in [2.05, 4.69) is 29.8 Å². The molecule has 0 fully saturated rings. The highest BCUT2D eigenvalue weighted by atomic mass is 32.1. The third-order valence-corrected chi connectivity index (χ3v) is 3.11. The van der Waals surface area contributed by atoms with E-state index in [4.69, 9.17) is 0 Å².